The van der Waals surface area contributed by atoms with E-state index < -0.39 is 0 Å². The molecule has 0 saturated heterocycles. The summed E-state index contributed by atoms with van der Waals surface area (Å²) in [4.78, 5) is 16.0. The van der Waals surface area contributed by atoms with E-state index in [2.05, 4.69) is 10.1 Å². The van der Waals surface area contributed by atoms with Crippen molar-refractivity contribution in [1.29, 1.82) is 0 Å². The van der Waals surface area contributed by atoms with Crippen molar-refractivity contribution < 1.29 is 14.3 Å². The maximum Gasteiger partial charge on any atom is 0.338 e. The van der Waals surface area contributed by atoms with Gasteiger partial charge in [-0.05, 0) is 24.3 Å². The Morgan fingerprint density at radius 1 is 1.13 bits per heavy atom. The first kappa shape index (κ1) is 15.0. The van der Waals surface area contributed by atoms with Gasteiger partial charge in [-0.25, -0.2) is 14.3 Å². The lowest BCUT2D eigenvalue weighted by Crippen LogP contribution is -2.11. The van der Waals surface area contributed by atoms with Crippen LogP contribution in [-0.2, 0) is 16.1 Å². The van der Waals surface area contributed by atoms with Crippen molar-refractivity contribution in [1.82, 2.24) is 14.6 Å². The highest BCUT2D eigenvalue weighted by molar-refractivity contribution is 5.89. The zero-order valence-electron chi connectivity index (χ0n) is 12.4. The van der Waals surface area contributed by atoms with E-state index in [0.29, 0.717) is 22.7 Å². The van der Waals surface area contributed by atoms with Crippen LogP contribution in [0.2, 0.25) is 0 Å². The predicted molar refractivity (Wildman–Crippen MR) is 83.8 cm³/mol. The van der Waals surface area contributed by atoms with E-state index in [1.807, 2.05) is 6.07 Å². The Balaban J connectivity index is 1.44. The van der Waals surface area contributed by atoms with Crippen LogP contribution in [-0.4, -0.2) is 33.8 Å². The fraction of sp³-hybridized carbons (Fsp3) is 0.188. The number of hydrogen-bond donors (Lipinski definition) is 1. The highest BCUT2D eigenvalue weighted by atomic mass is 16.6. The van der Waals surface area contributed by atoms with Gasteiger partial charge >= 0.3 is 5.97 Å². The number of ether oxygens (including phenoxy) is 2. The lowest BCUT2D eigenvalue weighted by Gasteiger charge is -2.04. The summed E-state index contributed by atoms with van der Waals surface area (Å²) in [5, 5.41) is 4.25. The lowest BCUT2D eigenvalue weighted by molar-refractivity contribution is 0.0279. The van der Waals surface area contributed by atoms with E-state index in [-0.39, 0.29) is 25.8 Å². The summed E-state index contributed by atoms with van der Waals surface area (Å²) in [5.41, 5.74) is 7.49. The average Bonchev–Trinajstić information content (AvgIpc) is 2.99. The van der Waals surface area contributed by atoms with Gasteiger partial charge < -0.3 is 15.2 Å². The maximum atomic E-state index is 11.7. The number of fused-ring (bicyclic) bond motifs is 1. The molecule has 3 aromatic rings. The second-order valence-electron chi connectivity index (χ2n) is 4.81. The Labute approximate surface area is 132 Å². The van der Waals surface area contributed by atoms with E-state index in [0.717, 1.165) is 0 Å². The van der Waals surface area contributed by atoms with Crippen molar-refractivity contribution in [3.63, 3.8) is 0 Å². The fourth-order valence-corrected chi connectivity index (χ4v) is 2.05. The summed E-state index contributed by atoms with van der Waals surface area (Å²) in [5.74, 6) is 0.158. The Kier molecular flexibility index (Phi) is 4.49. The Bertz CT molecular complexity index is 801. The van der Waals surface area contributed by atoms with Crippen molar-refractivity contribution in [3.05, 3.63) is 60.0 Å². The maximum absolute atomic E-state index is 11.7. The number of rotatable bonds is 6. The predicted octanol–water partition coefficient (Wildman–Crippen LogP) is 1.69. The van der Waals surface area contributed by atoms with Gasteiger partial charge in [0.2, 0.25) is 0 Å². The molecule has 3 rings (SSSR count). The third-order valence-electron chi connectivity index (χ3n) is 3.14. The summed E-state index contributed by atoms with van der Waals surface area (Å²) < 4.78 is 12.1. The highest BCUT2D eigenvalue weighted by Gasteiger charge is 2.07. The van der Waals surface area contributed by atoms with Gasteiger partial charge in [-0.15, -0.1) is 5.10 Å². The van der Waals surface area contributed by atoms with Crippen LogP contribution < -0.4 is 5.73 Å². The number of nitrogens with two attached hydrogens (primary N) is 1. The molecule has 0 aliphatic carbocycles. The molecule has 0 radical (unpaired) electrons. The Hall–Kier alpha value is -2.93. The van der Waals surface area contributed by atoms with Crippen LogP contribution in [0.15, 0.2) is 48.7 Å². The first-order chi connectivity index (χ1) is 11.2. The molecule has 0 amide bonds. The van der Waals surface area contributed by atoms with E-state index in [9.17, 15) is 4.79 Å². The summed E-state index contributed by atoms with van der Waals surface area (Å²) in [6.45, 7) is 0.664. The number of hydrogen-bond acceptors (Lipinski definition) is 6. The average molecular weight is 312 g/mol. The Morgan fingerprint density at radius 2 is 1.96 bits per heavy atom. The number of nitrogens with zero attached hydrogens (tertiary/aromatic N) is 3. The Morgan fingerprint density at radius 3 is 2.74 bits per heavy atom. The molecule has 0 aliphatic rings. The summed E-state index contributed by atoms with van der Waals surface area (Å²) in [6, 6.07) is 12.4. The minimum atomic E-state index is -0.368. The molecule has 2 aromatic heterocycles. The monoisotopic (exact) mass is 312 g/mol. The number of carbonyl (C=O) groups is 1. The smallest absolute Gasteiger partial charge is 0.338 e. The normalized spacial score (nSPS) is 10.8. The standard InChI is InChI=1S/C16H16N4O3/c17-13-7-4-8-20-15(13)18-14(19-20)11-22-9-10-23-16(21)12-5-2-1-3-6-12/h1-8H,9-11,17H2. The second kappa shape index (κ2) is 6.89. The molecule has 118 valence electrons. The fourth-order valence-electron chi connectivity index (χ4n) is 2.05. The molecule has 0 unspecified atom stereocenters. The van der Waals surface area contributed by atoms with Crippen LogP contribution in [0.3, 0.4) is 0 Å². The molecule has 1 aromatic carbocycles. The summed E-state index contributed by atoms with van der Waals surface area (Å²) >= 11 is 0. The molecule has 2 N–H and O–H groups in total. The minimum absolute atomic E-state index is 0.170. The zero-order chi connectivity index (χ0) is 16.1. The molecule has 0 saturated carbocycles. The summed E-state index contributed by atoms with van der Waals surface area (Å²) in [7, 11) is 0. The summed E-state index contributed by atoms with van der Waals surface area (Å²) in [6.07, 6.45) is 1.77. The van der Waals surface area contributed by atoms with Gasteiger partial charge in [0.05, 0.1) is 17.9 Å². The first-order valence-corrected chi connectivity index (χ1v) is 7.14. The molecular weight excluding hydrogens is 296 g/mol. The van der Waals surface area contributed by atoms with Crippen LogP contribution in [0.4, 0.5) is 5.69 Å². The molecular formula is C16H16N4O3. The highest BCUT2D eigenvalue weighted by Crippen LogP contribution is 2.10. The van der Waals surface area contributed by atoms with Gasteiger partial charge in [-0.1, -0.05) is 18.2 Å². The number of nitrogen functional groups attached to an aromatic ring is 1. The minimum Gasteiger partial charge on any atom is -0.460 e. The number of aromatic nitrogens is 3. The van der Waals surface area contributed by atoms with Gasteiger partial charge in [0.1, 0.15) is 13.2 Å². The number of anilines is 1. The lowest BCUT2D eigenvalue weighted by atomic mass is 10.2. The zero-order valence-corrected chi connectivity index (χ0v) is 12.4. The molecule has 0 atom stereocenters. The molecule has 0 spiro atoms. The van der Waals surface area contributed by atoms with Gasteiger partial charge in [0.15, 0.2) is 11.5 Å². The molecule has 7 heteroatoms. The topological polar surface area (TPSA) is 91.7 Å². The number of pyridine rings is 1. The second-order valence-corrected chi connectivity index (χ2v) is 4.81. The van der Waals surface area contributed by atoms with E-state index in [4.69, 9.17) is 15.2 Å². The molecule has 23 heavy (non-hydrogen) atoms. The van der Waals surface area contributed by atoms with E-state index in [1.165, 1.54) is 0 Å². The number of benzene rings is 1. The van der Waals surface area contributed by atoms with Crippen LogP contribution in [0.1, 0.15) is 16.2 Å². The molecule has 7 nitrogen and oxygen atoms in total. The van der Waals surface area contributed by atoms with Crippen molar-refractivity contribution in [3.8, 4) is 0 Å². The van der Waals surface area contributed by atoms with Gasteiger partial charge in [-0.3, -0.25) is 0 Å². The van der Waals surface area contributed by atoms with Crippen molar-refractivity contribution in [2.24, 2.45) is 0 Å². The largest absolute Gasteiger partial charge is 0.460 e. The number of carbonyl (C=O) groups excluding carboxylic acids is 1. The van der Waals surface area contributed by atoms with Crippen molar-refractivity contribution >= 4 is 17.3 Å². The first-order valence-electron chi connectivity index (χ1n) is 7.14. The van der Waals surface area contributed by atoms with E-state index in [1.54, 1.807) is 47.1 Å². The third kappa shape index (κ3) is 3.64. The van der Waals surface area contributed by atoms with Crippen LogP contribution >= 0.6 is 0 Å². The van der Waals surface area contributed by atoms with Gasteiger partial charge in [0, 0.05) is 6.20 Å². The quantitative estimate of drug-likeness (QED) is 0.550. The number of esters is 1. The van der Waals surface area contributed by atoms with Crippen LogP contribution in [0.25, 0.3) is 5.65 Å². The molecule has 0 bridgehead atoms. The SMILES string of the molecule is Nc1cccn2nc(COCCOC(=O)c3ccccc3)nc12. The third-order valence-corrected chi connectivity index (χ3v) is 3.14. The molecule has 0 aliphatic heterocycles. The van der Waals surface area contributed by atoms with Gasteiger partial charge in [-0.2, -0.15) is 0 Å². The van der Waals surface area contributed by atoms with Crippen molar-refractivity contribution in [2.75, 3.05) is 18.9 Å². The van der Waals surface area contributed by atoms with Crippen LogP contribution in [0, 0.1) is 0 Å². The van der Waals surface area contributed by atoms with E-state index >= 15 is 0 Å². The van der Waals surface area contributed by atoms with Crippen LogP contribution in [0.5, 0.6) is 0 Å². The molecule has 0 fully saturated rings. The van der Waals surface area contributed by atoms with Crippen molar-refractivity contribution in [2.45, 2.75) is 6.61 Å². The molecule has 2 heterocycles. The van der Waals surface area contributed by atoms with Gasteiger partial charge in [0.25, 0.3) is 0 Å².